The van der Waals surface area contributed by atoms with Gasteiger partial charge in [0.05, 0.1) is 0 Å². The van der Waals surface area contributed by atoms with Crippen molar-refractivity contribution in [2.24, 2.45) is 0 Å². The quantitative estimate of drug-likeness (QED) is 0.534. The third-order valence-corrected chi connectivity index (χ3v) is 1.98. The van der Waals surface area contributed by atoms with Crippen molar-refractivity contribution < 1.29 is 14.7 Å². The third-order valence-electron chi connectivity index (χ3n) is 1.98. The van der Waals surface area contributed by atoms with Gasteiger partial charge in [0.15, 0.2) is 0 Å². The maximum atomic E-state index is 11.4. The van der Waals surface area contributed by atoms with Crippen LogP contribution in [0, 0.1) is 0 Å². The lowest BCUT2D eigenvalue weighted by atomic mass is 10.3. The summed E-state index contributed by atoms with van der Waals surface area (Å²) < 4.78 is 0. The minimum absolute atomic E-state index is 0.360. The fourth-order valence-corrected chi connectivity index (χ4v) is 0.952. The SMILES string of the molecule is CNCCCN(C)C(=O)NC(C)C(=O)O. The van der Waals surface area contributed by atoms with Gasteiger partial charge in [-0.2, -0.15) is 0 Å². The second-order valence-corrected chi connectivity index (χ2v) is 3.39. The Hall–Kier alpha value is -1.30. The molecule has 15 heavy (non-hydrogen) atoms. The standard InChI is InChI=1S/C9H19N3O3/c1-7(8(13)14)11-9(15)12(3)6-4-5-10-2/h7,10H,4-6H2,1-3H3,(H,11,15)(H,13,14). The molecular formula is C9H19N3O3. The number of carbonyl (C=O) groups excluding carboxylic acids is 1. The average Bonchev–Trinajstić information content (AvgIpc) is 2.17. The summed E-state index contributed by atoms with van der Waals surface area (Å²) in [6.07, 6.45) is 0.835. The van der Waals surface area contributed by atoms with Crippen LogP contribution >= 0.6 is 0 Å². The van der Waals surface area contributed by atoms with Crippen molar-refractivity contribution in [1.82, 2.24) is 15.5 Å². The van der Waals surface area contributed by atoms with Crippen molar-refractivity contribution >= 4 is 12.0 Å². The number of amides is 2. The zero-order valence-corrected chi connectivity index (χ0v) is 9.41. The van der Waals surface area contributed by atoms with E-state index in [1.807, 2.05) is 7.05 Å². The molecule has 6 nitrogen and oxygen atoms in total. The lowest BCUT2D eigenvalue weighted by Crippen LogP contribution is -2.45. The highest BCUT2D eigenvalue weighted by Gasteiger charge is 2.16. The second kappa shape index (κ2) is 7.05. The van der Waals surface area contributed by atoms with Crippen LogP contribution in [0.5, 0.6) is 0 Å². The Bertz CT molecular complexity index is 221. The van der Waals surface area contributed by atoms with Crippen LogP contribution in [0.15, 0.2) is 0 Å². The summed E-state index contributed by atoms with van der Waals surface area (Å²) in [4.78, 5) is 23.3. The van der Waals surface area contributed by atoms with Crippen molar-refractivity contribution in [1.29, 1.82) is 0 Å². The molecule has 0 fully saturated rings. The predicted molar refractivity (Wildman–Crippen MR) is 56.8 cm³/mol. The van der Waals surface area contributed by atoms with Crippen LogP contribution in [0.3, 0.4) is 0 Å². The Morgan fingerprint density at radius 2 is 2.07 bits per heavy atom. The van der Waals surface area contributed by atoms with Gasteiger partial charge in [-0.1, -0.05) is 0 Å². The van der Waals surface area contributed by atoms with E-state index in [9.17, 15) is 9.59 Å². The molecule has 6 heteroatoms. The van der Waals surface area contributed by atoms with Crippen LogP contribution in [0.4, 0.5) is 4.79 Å². The van der Waals surface area contributed by atoms with Crippen LogP contribution in [0.1, 0.15) is 13.3 Å². The van der Waals surface area contributed by atoms with E-state index in [1.54, 1.807) is 7.05 Å². The molecule has 0 aliphatic rings. The van der Waals surface area contributed by atoms with Gasteiger partial charge in [0.2, 0.25) is 0 Å². The van der Waals surface area contributed by atoms with E-state index < -0.39 is 12.0 Å². The number of aliphatic carboxylic acids is 1. The lowest BCUT2D eigenvalue weighted by Gasteiger charge is -2.19. The molecule has 0 saturated carbocycles. The minimum Gasteiger partial charge on any atom is -0.480 e. The van der Waals surface area contributed by atoms with Crippen molar-refractivity contribution in [3.05, 3.63) is 0 Å². The molecular weight excluding hydrogens is 198 g/mol. The summed E-state index contributed by atoms with van der Waals surface area (Å²) in [5, 5.41) is 13.9. The molecule has 0 rings (SSSR count). The van der Waals surface area contributed by atoms with Gasteiger partial charge in [-0.3, -0.25) is 4.79 Å². The Labute approximate surface area is 89.6 Å². The molecule has 0 heterocycles. The fourth-order valence-electron chi connectivity index (χ4n) is 0.952. The molecule has 0 aromatic carbocycles. The summed E-state index contributed by atoms with van der Waals surface area (Å²) >= 11 is 0. The van der Waals surface area contributed by atoms with Crippen LogP contribution in [0.25, 0.3) is 0 Å². The molecule has 0 aromatic rings. The fraction of sp³-hybridized carbons (Fsp3) is 0.778. The summed E-state index contributed by atoms with van der Waals surface area (Å²) in [5.74, 6) is -1.04. The molecule has 0 aliphatic heterocycles. The summed E-state index contributed by atoms with van der Waals surface area (Å²) in [6.45, 7) is 2.85. The molecule has 1 unspecified atom stereocenters. The molecule has 88 valence electrons. The zero-order valence-electron chi connectivity index (χ0n) is 9.41. The van der Waals surface area contributed by atoms with Crippen molar-refractivity contribution in [2.45, 2.75) is 19.4 Å². The first-order chi connectivity index (χ1) is 6.99. The van der Waals surface area contributed by atoms with Crippen LogP contribution in [-0.2, 0) is 4.79 Å². The zero-order chi connectivity index (χ0) is 11.8. The number of urea groups is 1. The van der Waals surface area contributed by atoms with Crippen molar-refractivity contribution in [3.63, 3.8) is 0 Å². The number of nitrogens with zero attached hydrogens (tertiary/aromatic N) is 1. The number of nitrogens with one attached hydrogen (secondary N) is 2. The summed E-state index contributed by atoms with van der Waals surface area (Å²) in [6, 6.07) is -1.22. The van der Waals surface area contributed by atoms with Gasteiger partial charge >= 0.3 is 12.0 Å². The number of carboxylic acid groups (broad SMARTS) is 1. The lowest BCUT2D eigenvalue weighted by molar-refractivity contribution is -0.138. The van der Waals surface area contributed by atoms with E-state index in [-0.39, 0.29) is 6.03 Å². The topological polar surface area (TPSA) is 81.7 Å². The molecule has 0 aromatic heterocycles. The normalized spacial score (nSPS) is 11.9. The van der Waals surface area contributed by atoms with Crippen molar-refractivity contribution in [2.75, 3.05) is 27.2 Å². The van der Waals surface area contributed by atoms with Crippen LogP contribution < -0.4 is 10.6 Å². The molecule has 0 bridgehead atoms. The summed E-state index contributed by atoms with van der Waals surface area (Å²) in [5.41, 5.74) is 0. The maximum Gasteiger partial charge on any atom is 0.325 e. The molecule has 2 amide bonds. The highest BCUT2D eigenvalue weighted by Crippen LogP contribution is 1.90. The molecule has 3 N–H and O–H groups in total. The van der Waals surface area contributed by atoms with Gasteiger partial charge in [0.1, 0.15) is 6.04 Å². The van der Waals surface area contributed by atoms with E-state index in [2.05, 4.69) is 10.6 Å². The first kappa shape index (κ1) is 13.7. The maximum absolute atomic E-state index is 11.4. The molecule has 0 aliphatic carbocycles. The smallest absolute Gasteiger partial charge is 0.325 e. The van der Waals surface area contributed by atoms with E-state index in [0.717, 1.165) is 13.0 Å². The molecule has 0 saturated heterocycles. The van der Waals surface area contributed by atoms with Gasteiger partial charge in [0.25, 0.3) is 0 Å². The first-order valence-electron chi connectivity index (χ1n) is 4.88. The van der Waals surface area contributed by atoms with E-state index >= 15 is 0 Å². The van der Waals surface area contributed by atoms with Gasteiger partial charge in [0, 0.05) is 13.6 Å². The van der Waals surface area contributed by atoms with E-state index in [1.165, 1.54) is 11.8 Å². The minimum atomic E-state index is -1.04. The Kier molecular flexibility index (Phi) is 6.44. The highest BCUT2D eigenvalue weighted by molar-refractivity contribution is 5.82. The van der Waals surface area contributed by atoms with Gasteiger partial charge in [-0.05, 0) is 26.9 Å². The van der Waals surface area contributed by atoms with Crippen LogP contribution in [-0.4, -0.2) is 55.2 Å². The Morgan fingerprint density at radius 1 is 1.47 bits per heavy atom. The van der Waals surface area contributed by atoms with E-state index in [0.29, 0.717) is 6.54 Å². The number of carboxylic acids is 1. The van der Waals surface area contributed by atoms with Gasteiger partial charge in [-0.25, -0.2) is 4.79 Å². The predicted octanol–water partition coefficient (Wildman–Crippen LogP) is -0.290. The molecule has 1 atom stereocenters. The second-order valence-electron chi connectivity index (χ2n) is 3.39. The number of carbonyl (C=O) groups is 2. The average molecular weight is 217 g/mol. The highest BCUT2D eigenvalue weighted by atomic mass is 16.4. The number of hydrogen-bond donors (Lipinski definition) is 3. The third kappa shape index (κ3) is 5.90. The Morgan fingerprint density at radius 3 is 2.53 bits per heavy atom. The van der Waals surface area contributed by atoms with Gasteiger partial charge < -0.3 is 20.6 Å². The number of hydrogen-bond acceptors (Lipinski definition) is 3. The molecule has 0 spiro atoms. The monoisotopic (exact) mass is 217 g/mol. The summed E-state index contributed by atoms with van der Waals surface area (Å²) in [7, 11) is 3.48. The van der Waals surface area contributed by atoms with E-state index in [4.69, 9.17) is 5.11 Å². The largest absolute Gasteiger partial charge is 0.480 e. The van der Waals surface area contributed by atoms with Gasteiger partial charge in [-0.15, -0.1) is 0 Å². The van der Waals surface area contributed by atoms with Crippen molar-refractivity contribution in [3.8, 4) is 0 Å². The van der Waals surface area contributed by atoms with Crippen LogP contribution in [0.2, 0.25) is 0 Å². The first-order valence-corrected chi connectivity index (χ1v) is 4.88. The Balaban J connectivity index is 3.83. The number of rotatable bonds is 6. The molecule has 0 radical (unpaired) electrons.